The predicted molar refractivity (Wildman–Crippen MR) is 68.8 cm³/mol. The zero-order valence-electron chi connectivity index (χ0n) is 11.3. The van der Waals surface area contributed by atoms with Gasteiger partial charge < -0.3 is 19.5 Å². The van der Waals surface area contributed by atoms with E-state index in [4.69, 9.17) is 14.6 Å². The van der Waals surface area contributed by atoms with Crippen LogP contribution in [-0.2, 0) is 14.3 Å². The standard InChI is InChI=1S/C13H25NO4/c1-2-17-10-3-7-14-8-4-12(5-9-14)18-11-6-13(15)16/h12H,2-11H2,1H3,(H,15,16). The number of ether oxygens (including phenoxy) is 2. The maximum absolute atomic E-state index is 10.4. The number of piperidine rings is 1. The number of hydrogen-bond acceptors (Lipinski definition) is 4. The topological polar surface area (TPSA) is 59.0 Å². The van der Waals surface area contributed by atoms with Gasteiger partial charge in [-0.25, -0.2) is 0 Å². The van der Waals surface area contributed by atoms with Crippen LogP contribution in [0.2, 0.25) is 0 Å². The SMILES string of the molecule is CCOCCCN1CCC(OCCC(=O)O)CC1. The molecule has 1 aliphatic heterocycles. The smallest absolute Gasteiger partial charge is 0.305 e. The number of carboxylic acids is 1. The van der Waals surface area contributed by atoms with Crippen LogP contribution in [0.25, 0.3) is 0 Å². The van der Waals surface area contributed by atoms with Gasteiger partial charge in [0.05, 0.1) is 19.1 Å². The van der Waals surface area contributed by atoms with Gasteiger partial charge in [-0.15, -0.1) is 0 Å². The third-order valence-electron chi connectivity index (χ3n) is 3.17. The second-order valence-electron chi connectivity index (χ2n) is 4.61. The van der Waals surface area contributed by atoms with Gasteiger partial charge in [-0.2, -0.15) is 0 Å². The molecule has 0 aromatic heterocycles. The van der Waals surface area contributed by atoms with Gasteiger partial charge in [-0.1, -0.05) is 0 Å². The summed E-state index contributed by atoms with van der Waals surface area (Å²) in [6.07, 6.45) is 3.45. The average molecular weight is 259 g/mol. The first kappa shape index (κ1) is 15.4. The molecule has 18 heavy (non-hydrogen) atoms. The Morgan fingerprint density at radius 3 is 2.67 bits per heavy atom. The van der Waals surface area contributed by atoms with Gasteiger partial charge in [0.15, 0.2) is 0 Å². The summed E-state index contributed by atoms with van der Waals surface area (Å²) in [6.45, 7) is 7.16. The van der Waals surface area contributed by atoms with Crippen molar-refractivity contribution in [2.45, 2.75) is 38.7 Å². The number of carboxylic acid groups (broad SMARTS) is 1. The third kappa shape index (κ3) is 6.93. The Kier molecular flexibility index (Phi) is 7.96. The van der Waals surface area contributed by atoms with E-state index >= 15 is 0 Å². The number of carbonyl (C=O) groups is 1. The lowest BCUT2D eigenvalue weighted by Gasteiger charge is -2.31. The Bertz CT molecular complexity index is 227. The summed E-state index contributed by atoms with van der Waals surface area (Å²) >= 11 is 0. The Labute approximate surface area is 109 Å². The molecular weight excluding hydrogens is 234 g/mol. The van der Waals surface area contributed by atoms with Crippen molar-refractivity contribution in [3.05, 3.63) is 0 Å². The second-order valence-corrected chi connectivity index (χ2v) is 4.61. The van der Waals surface area contributed by atoms with Crippen LogP contribution >= 0.6 is 0 Å². The largest absolute Gasteiger partial charge is 0.481 e. The van der Waals surface area contributed by atoms with Crippen LogP contribution in [0.5, 0.6) is 0 Å². The summed E-state index contributed by atoms with van der Waals surface area (Å²) in [5.41, 5.74) is 0. The van der Waals surface area contributed by atoms with Crippen LogP contribution in [0, 0.1) is 0 Å². The first-order valence-corrected chi connectivity index (χ1v) is 6.86. The fourth-order valence-corrected chi connectivity index (χ4v) is 2.15. The summed E-state index contributed by atoms with van der Waals surface area (Å²) < 4.78 is 10.9. The van der Waals surface area contributed by atoms with Crippen molar-refractivity contribution in [1.29, 1.82) is 0 Å². The highest BCUT2D eigenvalue weighted by Crippen LogP contribution is 2.14. The Balaban J connectivity index is 2.00. The predicted octanol–water partition coefficient (Wildman–Crippen LogP) is 1.37. The lowest BCUT2D eigenvalue weighted by Crippen LogP contribution is -2.38. The quantitative estimate of drug-likeness (QED) is 0.634. The van der Waals surface area contributed by atoms with E-state index in [1.807, 2.05) is 6.92 Å². The zero-order valence-corrected chi connectivity index (χ0v) is 11.3. The van der Waals surface area contributed by atoms with Crippen molar-refractivity contribution in [1.82, 2.24) is 4.90 Å². The Hall–Kier alpha value is -0.650. The van der Waals surface area contributed by atoms with Gasteiger partial charge in [0.25, 0.3) is 0 Å². The number of likely N-dealkylation sites (tertiary alicyclic amines) is 1. The molecule has 0 aromatic carbocycles. The fraction of sp³-hybridized carbons (Fsp3) is 0.923. The summed E-state index contributed by atoms with van der Waals surface area (Å²) in [5, 5.41) is 8.53. The minimum atomic E-state index is -0.789. The van der Waals surface area contributed by atoms with E-state index in [1.165, 1.54) is 0 Å². The van der Waals surface area contributed by atoms with E-state index in [0.717, 1.165) is 52.1 Å². The van der Waals surface area contributed by atoms with Gasteiger partial charge in [-0.05, 0) is 26.2 Å². The molecule has 0 aliphatic carbocycles. The van der Waals surface area contributed by atoms with Crippen LogP contribution < -0.4 is 0 Å². The molecule has 0 radical (unpaired) electrons. The lowest BCUT2D eigenvalue weighted by atomic mass is 10.1. The highest BCUT2D eigenvalue weighted by molar-refractivity contribution is 5.66. The first-order valence-electron chi connectivity index (χ1n) is 6.86. The van der Waals surface area contributed by atoms with Crippen LogP contribution in [0.1, 0.15) is 32.6 Å². The molecule has 0 aromatic rings. The normalized spacial score (nSPS) is 18.1. The molecule has 0 unspecified atom stereocenters. The van der Waals surface area contributed by atoms with Crippen molar-refractivity contribution < 1.29 is 19.4 Å². The summed E-state index contributed by atoms with van der Waals surface area (Å²) in [7, 11) is 0. The summed E-state index contributed by atoms with van der Waals surface area (Å²) in [6, 6.07) is 0. The number of aliphatic carboxylic acids is 1. The lowest BCUT2D eigenvalue weighted by molar-refractivity contribution is -0.138. The molecule has 1 rings (SSSR count). The molecule has 5 nitrogen and oxygen atoms in total. The molecule has 1 saturated heterocycles. The number of hydrogen-bond donors (Lipinski definition) is 1. The molecule has 5 heteroatoms. The van der Waals surface area contributed by atoms with Gasteiger partial charge in [0.2, 0.25) is 0 Å². The third-order valence-corrected chi connectivity index (χ3v) is 3.17. The van der Waals surface area contributed by atoms with Gasteiger partial charge >= 0.3 is 5.97 Å². The molecule has 0 bridgehead atoms. The van der Waals surface area contributed by atoms with Crippen molar-refractivity contribution in [3.8, 4) is 0 Å². The van der Waals surface area contributed by atoms with Crippen molar-refractivity contribution in [2.24, 2.45) is 0 Å². The molecule has 0 spiro atoms. The van der Waals surface area contributed by atoms with E-state index in [0.29, 0.717) is 6.61 Å². The average Bonchev–Trinajstić information content (AvgIpc) is 2.36. The Morgan fingerprint density at radius 1 is 1.33 bits per heavy atom. The minimum Gasteiger partial charge on any atom is -0.481 e. The van der Waals surface area contributed by atoms with Crippen molar-refractivity contribution >= 4 is 5.97 Å². The Morgan fingerprint density at radius 2 is 2.06 bits per heavy atom. The van der Waals surface area contributed by atoms with Crippen molar-refractivity contribution in [3.63, 3.8) is 0 Å². The highest BCUT2D eigenvalue weighted by Gasteiger charge is 2.19. The molecule has 1 aliphatic rings. The van der Waals surface area contributed by atoms with E-state index < -0.39 is 5.97 Å². The van der Waals surface area contributed by atoms with Crippen LogP contribution in [0.3, 0.4) is 0 Å². The second kappa shape index (κ2) is 9.30. The summed E-state index contributed by atoms with van der Waals surface area (Å²) in [5.74, 6) is -0.789. The molecule has 1 fully saturated rings. The van der Waals surface area contributed by atoms with Crippen molar-refractivity contribution in [2.75, 3.05) is 39.5 Å². The van der Waals surface area contributed by atoms with Gasteiger partial charge in [0.1, 0.15) is 0 Å². The van der Waals surface area contributed by atoms with Gasteiger partial charge in [-0.3, -0.25) is 4.79 Å². The number of nitrogens with zero attached hydrogens (tertiary/aromatic N) is 1. The summed E-state index contributed by atoms with van der Waals surface area (Å²) in [4.78, 5) is 12.8. The van der Waals surface area contributed by atoms with Crippen LogP contribution in [0.4, 0.5) is 0 Å². The molecule has 106 valence electrons. The maximum atomic E-state index is 10.4. The highest BCUT2D eigenvalue weighted by atomic mass is 16.5. The van der Waals surface area contributed by atoms with Crippen LogP contribution in [0.15, 0.2) is 0 Å². The van der Waals surface area contributed by atoms with E-state index in [-0.39, 0.29) is 12.5 Å². The molecule has 0 amide bonds. The molecule has 0 saturated carbocycles. The van der Waals surface area contributed by atoms with E-state index in [9.17, 15) is 4.79 Å². The number of rotatable bonds is 9. The minimum absolute atomic E-state index is 0.106. The molecule has 1 heterocycles. The van der Waals surface area contributed by atoms with E-state index in [1.54, 1.807) is 0 Å². The van der Waals surface area contributed by atoms with Gasteiger partial charge in [0, 0.05) is 32.8 Å². The molecular formula is C13H25NO4. The van der Waals surface area contributed by atoms with E-state index in [2.05, 4.69) is 4.90 Å². The fourth-order valence-electron chi connectivity index (χ4n) is 2.15. The molecule has 0 atom stereocenters. The molecule has 1 N–H and O–H groups in total. The van der Waals surface area contributed by atoms with Crippen LogP contribution in [-0.4, -0.2) is 61.5 Å². The first-order chi connectivity index (χ1) is 8.72. The zero-order chi connectivity index (χ0) is 13.2. The maximum Gasteiger partial charge on any atom is 0.305 e. The monoisotopic (exact) mass is 259 g/mol.